The number of nitrogen functional groups attached to an aromatic ring is 1. The van der Waals surface area contributed by atoms with Gasteiger partial charge in [-0.2, -0.15) is 4.98 Å². The number of fused-ring (bicyclic) bond motifs is 1. The van der Waals surface area contributed by atoms with Gasteiger partial charge in [-0.1, -0.05) is 18.9 Å². The van der Waals surface area contributed by atoms with Gasteiger partial charge in [0.05, 0.1) is 18.6 Å². The van der Waals surface area contributed by atoms with E-state index in [1.54, 1.807) is 24.3 Å². The summed E-state index contributed by atoms with van der Waals surface area (Å²) in [6.07, 6.45) is 0.828. The number of nitrogens with one attached hydrogen (secondary N) is 3. The van der Waals surface area contributed by atoms with Crippen LogP contribution in [-0.4, -0.2) is 62.4 Å². The first-order valence-electron chi connectivity index (χ1n) is 10.9. The van der Waals surface area contributed by atoms with E-state index in [0.717, 1.165) is 4.90 Å². The first kappa shape index (κ1) is 25.2. The number of nitrogens with zero attached hydrogens (tertiary/aromatic N) is 4. The van der Waals surface area contributed by atoms with Crippen molar-refractivity contribution in [3.05, 3.63) is 40.9 Å². The maximum atomic E-state index is 12.5. The minimum Gasteiger partial charge on any atom is -0.447 e. The zero-order valence-corrected chi connectivity index (χ0v) is 20.0. The lowest BCUT2D eigenvalue weighted by Gasteiger charge is -2.15. The molecule has 1 saturated heterocycles. The zero-order valence-electron chi connectivity index (χ0n) is 19.2. The molecule has 4 rings (SSSR count). The summed E-state index contributed by atoms with van der Waals surface area (Å²) in [6.45, 7) is 2.67. The van der Waals surface area contributed by atoms with Crippen molar-refractivity contribution < 1.29 is 23.9 Å². The molecule has 3 aromatic rings. The Bertz CT molecular complexity index is 1320. The Balaban J connectivity index is 1.21. The second-order valence-electron chi connectivity index (χ2n) is 7.56. The van der Waals surface area contributed by atoms with E-state index in [2.05, 4.69) is 25.0 Å². The van der Waals surface area contributed by atoms with E-state index in [1.807, 2.05) is 6.92 Å². The standard InChI is InChI=1S/C21H24N8O6S/c1-2-24-36-14-9-15(30)29(19(14)32)13-5-3-12(4-6-13)25-21(33)35-8-7-34-11-28-10-23-16-17(28)26-20(22)27-18(16)31/h3-6,10,14,24H,2,7-9,11H2,1H3,(H,25,33)(H3,22,26,27,31). The second kappa shape index (κ2) is 11.2. The molecule has 0 spiro atoms. The number of rotatable bonds is 10. The van der Waals surface area contributed by atoms with Crippen LogP contribution >= 0.6 is 11.9 Å². The molecule has 190 valence electrons. The third-order valence-corrected chi connectivity index (χ3v) is 6.14. The number of imide groups is 1. The van der Waals surface area contributed by atoms with Crippen LogP contribution in [0.3, 0.4) is 0 Å². The number of carbonyl (C=O) groups excluding carboxylic acids is 3. The molecule has 5 N–H and O–H groups in total. The van der Waals surface area contributed by atoms with Gasteiger partial charge in [0.25, 0.3) is 5.56 Å². The number of anilines is 3. The van der Waals surface area contributed by atoms with Gasteiger partial charge >= 0.3 is 6.09 Å². The topological polar surface area (TPSA) is 187 Å². The first-order chi connectivity index (χ1) is 17.4. The lowest BCUT2D eigenvalue weighted by atomic mass is 10.2. The smallest absolute Gasteiger partial charge is 0.411 e. The SMILES string of the molecule is CCNSC1CC(=O)N(c2ccc(NC(=O)OCCOCn3cnc4c(=O)[nH]c(N)nc43)cc2)C1=O. The molecule has 0 radical (unpaired) electrons. The van der Waals surface area contributed by atoms with Crippen LogP contribution in [0.5, 0.6) is 0 Å². The highest BCUT2D eigenvalue weighted by atomic mass is 32.2. The summed E-state index contributed by atoms with van der Waals surface area (Å²) in [4.78, 5) is 60.2. The molecule has 0 bridgehead atoms. The van der Waals surface area contributed by atoms with E-state index >= 15 is 0 Å². The normalized spacial score (nSPS) is 15.6. The predicted molar refractivity (Wildman–Crippen MR) is 132 cm³/mol. The molecule has 1 unspecified atom stereocenters. The van der Waals surface area contributed by atoms with E-state index in [0.29, 0.717) is 17.9 Å². The van der Waals surface area contributed by atoms with E-state index in [1.165, 1.54) is 22.8 Å². The first-order valence-corrected chi connectivity index (χ1v) is 11.8. The van der Waals surface area contributed by atoms with Gasteiger partial charge in [-0.3, -0.25) is 34.0 Å². The molecule has 1 aromatic carbocycles. The molecular formula is C21H24N8O6S. The third kappa shape index (κ3) is 5.64. The Morgan fingerprint density at radius 1 is 1.25 bits per heavy atom. The van der Waals surface area contributed by atoms with Crippen molar-refractivity contribution in [2.24, 2.45) is 0 Å². The van der Waals surface area contributed by atoms with Crippen LogP contribution in [-0.2, 0) is 25.8 Å². The highest BCUT2D eigenvalue weighted by molar-refractivity contribution is 7.98. The van der Waals surface area contributed by atoms with Gasteiger partial charge in [0.15, 0.2) is 11.2 Å². The van der Waals surface area contributed by atoms with Crippen molar-refractivity contribution in [1.82, 2.24) is 24.2 Å². The Labute approximate surface area is 208 Å². The summed E-state index contributed by atoms with van der Waals surface area (Å²) in [5.41, 5.74) is 6.39. The quantitative estimate of drug-likeness (QED) is 0.170. The summed E-state index contributed by atoms with van der Waals surface area (Å²) >= 11 is 1.25. The number of benzene rings is 1. The predicted octanol–water partition coefficient (Wildman–Crippen LogP) is 0.814. The molecule has 1 aliphatic heterocycles. The van der Waals surface area contributed by atoms with E-state index in [9.17, 15) is 19.2 Å². The van der Waals surface area contributed by atoms with Crippen LogP contribution in [0.2, 0.25) is 0 Å². The summed E-state index contributed by atoms with van der Waals surface area (Å²) in [5.74, 6) is -0.584. The number of hydrogen-bond donors (Lipinski definition) is 4. The number of H-pyrrole nitrogens is 1. The van der Waals surface area contributed by atoms with Crippen LogP contribution in [0.25, 0.3) is 11.2 Å². The number of ether oxygens (including phenoxy) is 2. The number of aromatic nitrogens is 4. The molecule has 3 heterocycles. The summed E-state index contributed by atoms with van der Waals surface area (Å²) in [7, 11) is 0. The van der Waals surface area contributed by atoms with Crippen molar-refractivity contribution in [2.75, 3.05) is 35.7 Å². The molecular weight excluding hydrogens is 492 g/mol. The fraction of sp³-hybridized carbons (Fsp3) is 0.333. The summed E-state index contributed by atoms with van der Waals surface area (Å²) in [6, 6.07) is 6.30. The van der Waals surface area contributed by atoms with E-state index < -0.39 is 16.9 Å². The van der Waals surface area contributed by atoms with Gasteiger partial charge in [-0.25, -0.2) is 14.7 Å². The summed E-state index contributed by atoms with van der Waals surface area (Å²) in [5, 5.41) is 2.10. The van der Waals surface area contributed by atoms with E-state index in [4.69, 9.17) is 15.2 Å². The van der Waals surface area contributed by atoms with E-state index in [-0.39, 0.29) is 55.3 Å². The Hall–Kier alpha value is -3.95. The highest BCUT2D eigenvalue weighted by Gasteiger charge is 2.39. The van der Waals surface area contributed by atoms with Crippen LogP contribution in [0.15, 0.2) is 35.4 Å². The third-order valence-electron chi connectivity index (χ3n) is 5.03. The van der Waals surface area contributed by atoms with Crippen molar-refractivity contribution in [3.63, 3.8) is 0 Å². The number of aromatic amines is 1. The maximum absolute atomic E-state index is 12.5. The molecule has 36 heavy (non-hydrogen) atoms. The van der Waals surface area contributed by atoms with Crippen molar-refractivity contribution in [3.8, 4) is 0 Å². The van der Waals surface area contributed by atoms with Gasteiger partial charge in [-0.05, 0) is 24.3 Å². The average Bonchev–Trinajstić information content (AvgIpc) is 3.38. The largest absolute Gasteiger partial charge is 0.447 e. The van der Waals surface area contributed by atoms with Gasteiger partial charge in [0, 0.05) is 18.7 Å². The van der Waals surface area contributed by atoms with Gasteiger partial charge < -0.3 is 15.2 Å². The lowest BCUT2D eigenvalue weighted by Crippen LogP contribution is -2.31. The van der Waals surface area contributed by atoms with Crippen molar-refractivity contribution in [1.29, 1.82) is 0 Å². The van der Waals surface area contributed by atoms with Gasteiger partial charge in [0.2, 0.25) is 17.8 Å². The molecule has 0 saturated carbocycles. The van der Waals surface area contributed by atoms with Crippen molar-refractivity contribution >= 4 is 58.3 Å². The Morgan fingerprint density at radius 3 is 2.78 bits per heavy atom. The molecule has 1 atom stereocenters. The molecule has 0 aliphatic carbocycles. The molecule has 3 amide bonds. The number of amides is 3. The number of imidazole rings is 1. The lowest BCUT2D eigenvalue weighted by molar-refractivity contribution is -0.121. The van der Waals surface area contributed by atoms with Crippen LogP contribution in [0.4, 0.5) is 22.1 Å². The minimum atomic E-state index is -0.698. The number of nitrogens with two attached hydrogens (primary N) is 1. The Kier molecular flexibility index (Phi) is 7.82. The molecule has 1 aliphatic rings. The monoisotopic (exact) mass is 516 g/mol. The van der Waals surface area contributed by atoms with Crippen LogP contribution in [0, 0.1) is 0 Å². The number of hydrogen-bond acceptors (Lipinski definition) is 11. The maximum Gasteiger partial charge on any atom is 0.411 e. The molecule has 2 aromatic heterocycles. The fourth-order valence-corrected chi connectivity index (χ4v) is 4.22. The average molecular weight is 517 g/mol. The Morgan fingerprint density at radius 2 is 2.03 bits per heavy atom. The van der Waals surface area contributed by atoms with Crippen LogP contribution < -0.4 is 26.2 Å². The van der Waals surface area contributed by atoms with Crippen molar-refractivity contribution in [2.45, 2.75) is 25.3 Å². The fourth-order valence-electron chi connectivity index (χ4n) is 3.42. The second-order valence-corrected chi connectivity index (χ2v) is 8.65. The summed E-state index contributed by atoms with van der Waals surface area (Å²) < 4.78 is 15.0. The van der Waals surface area contributed by atoms with Gasteiger partial charge in [0.1, 0.15) is 18.6 Å². The van der Waals surface area contributed by atoms with Crippen LogP contribution in [0.1, 0.15) is 13.3 Å². The van der Waals surface area contributed by atoms with Gasteiger partial charge in [-0.15, -0.1) is 0 Å². The minimum absolute atomic E-state index is 0.0284. The molecule has 1 fully saturated rings. The zero-order chi connectivity index (χ0) is 25.7. The molecule has 15 heteroatoms. The highest BCUT2D eigenvalue weighted by Crippen LogP contribution is 2.29. The number of carbonyl (C=O) groups is 3. The molecule has 14 nitrogen and oxygen atoms in total.